The van der Waals surface area contributed by atoms with Gasteiger partial charge in [-0.1, -0.05) is 45.0 Å². The van der Waals surface area contributed by atoms with Crippen molar-refractivity contribution in [3.63, 3.8) is 0 Å². The molecule has 2 bridgehead atoms. The van der Waals surface area contributed by atoms with Crippen molar-refractivity contribution in [1.29, 1.82) is 0 Å². The first-order valence-electron chi connectivity index (χ1n) is 8.03. The Bertz CT molecular complexity index is 722. The van der Waals surface area contributed by atoms with Crippen molar-refractivity contribution in [3.8, 4) is 0 Å². The van der Waals surface area contributed by atoms with E-state index in [1.165, 1.54) is 0 Å². The first-order chi connectivity index (χ1) is 10.8. The summed E-state index contributed by atoms with van der Waals surface area (Å²) >= 11 is 0. The lowest BCUT2D eigenvalue weighted by Crippen LogP contribution is -2.32. The van der Waals surface area contributed by atoms with Gasteiger partial charge in [-0.05, 0) is 53.0 Å². The molecule has 0 heterocycles. The van der Waals surface area contributed by atoms with E-state index in [-0.39, 0.29) is 10.8 Å². The van der Waals surface area contributed by atoms with Crippen LogP contribution in [0.3, 0.4) is 0 Å². The molecular weight excluding hydrogens is 288 g/mol. The summed E-state index contributed by atoms with van der Waals surface area (Å²) in [6, 6.07) is 7.61. The highest BCUT2D eigenvalue weighted by atomic mass is 16.4. The summed E-state index contributed by atoms with van der Waals surface area (Å²) < 4.78 is 0. The van der Waals surface area contributed by atoms with E-state index in [9.17, 15) is 9.59 Å². The lowest BCUT2D eigenvalue weighted by molar-refractivity contribution is -0.131. The molecule has 0 amide bonds. The van der Waals surface area contributed by atoms with Crippen molar-refractivity contribution < 1.29 is 14.7 Å². The van der Waals surface area contributed by atoms with Crippen molar-refractivity contribution in [3.05, 3.63) is 47.0 Å². The predicted molar refractivity (Wildman–Crippen MR) is 90.7 cm³/mol. The number of carbonyl (C=O) groups excluding carboxylic acids is 1. The van der Waals surface area contributed by atoms with Crippen molar-refractivity contribution >= 4 is 23.9 Å². The summed E-state index contributed by atoms with van der Waals surface area (Å²) in [6.07, 6.45) is 6.77. The van der Waals surface area contributed by atoms with Crippen LogP contribution >= 0.6 is 0 Å². The number of Topliss-reactive ketones (excluding diaryl/α,β-unsaturated/α-hetero) is 1. The van der Waals surface area contributed by atoms with Gasteiger partial charge in [-0.25, -0.2) is 4.79 Å². The summed E-state index contributed by atoms with van der Waals surface area (Å²) in [5, 5.41) is 8.65. The smallest absolute Gasteiger partial charge is 0.328 e. The van der Waals surface area contributed by atoms with E-state index in [1.807, 2.05) is 30.3 Å². The number of ketones is 1. The molecule has 0 aliphatic heterocycles. The highest BCUT2D eigenvalue weighted by molar-refractivity contribution is 6.07. The molecule has 2 aliphatic carbocycles. The van der Waals surface area contributed by atoms with E-state index < -0.39 is 5.97 Å². The number of carboxylic acids is 1. The molecule has 1 aromatic carbocycles. The molecule has 0 saturated heterocycles. The summed E-state index contributed by atoms with van der Waals surface area (Å²) in [4.78, 5) is 23.3. The molecule has 120 valence electrons. The summed E-state index contributed by atoms with van der Waals surface area (Å²) in [6.45, 7) is 6.53. The summed E-state index contributed by atoms with van der Waals surface area (Å²) in [5.74, 6) is -0.320. The number of carbonyl (C=O) groups is 2. The Morgan fingerprint density at radius 2 is 1.78 bits per heavy atom. The maximum atomic E-state index is 12.8. The Morgan fingerprint density at radius 3 is 2.30 bits per heavy atom. The predicted octanol–water partition coefficient (Wildman–Crippen LogP) is 4.19. The fourth-order valence-corrected chi connectivity index (χ4v) is 4.14. The third-order valence-electron chi connectivity index (χ3n) is 6.04. The topological polar surface area (TPSA) is 54.4 Å². The standard InChI is InChI=1S/C20H22O3/c1-19(2)16-10-11-20(19,3)18(23)15(16)12-14-6-4-13(5-7-14)8-9-17(21)22/h4-9,12,16H,10-11H2,1-3H3,(H,21,22). The second-order valence-electron chi connectivity index (χ2n) is 7.41. The van der Waals surface area contributed by atoms with Gasteiger partial charge in [0.25, 0.3) is 0 Å². The van der Waals surface area contributed by atoms with Crippen LogP contribution in [0.4, 0.5) is 0 Å². The van der Waals surface area contributed by atoms with Crippen molar-refractivity contribution in [2.24, 2.45) is 16.7 Å². The zero-order chi connectivity index (χ0) is 16.8. The van der Waals surface area contributed by atoms with Gasteiger partial charge in [-0.3, -0.25) is 4.79 Å². The zero-order valence-electron chi connectivity index (χ0n) is 13.8. The molecule has 3 heteroatoms. The number of hydrogen-bond acceptors (Lipinski definition) is 2. The van der Waals surface area contributed by atoms with Gasteiger partial charge in [0, 0.05) is 11.5 Å². The minimum atomic E-state index is -0.959. The number of rotatable bonds is 3. The minimum Gasteiger partial charge on any atom is -0.478 e. The SMILES string of the molecule is CC12CCC(C(=Cc3ccc(C=CC(=O)O)cc3)C1=O)C2(C)C. The van der Waals surface area contributed by atoms with E-state index in [0.29, 0.717) is 11.7 Å². The monoisotopic (exact) mass is 310 g/mol. The van der Waals surface area contributed by atoms with Crippen molar-refractivity contribution in [2.75, 3.05) is 0 Å². The fourth-order valence-electron chi connectivity index (χ4n) is 4.14. The van der Waals surface area contributed by atoms with E-state index in [2.05, 4.69) is 20.8 Å². The number of carboxylic acid groups (broad SMARTS) is 1. The second kappa shape index (κ2) is 5.19. The van der Waals surface area contributed by atoms with E-state index in [0.717, 1.165) is 35.6 Å². The van der Waals surface area contributed by atoms with Crippen LogP contribution in [-0.2, 0) is 9.59 Å². The maximum absolute atomic E-state index is 12.8. The highest BCUT2D eigenvalue weighted by Crippen LogP contribution is 2.65. The van der Waals surface area contributed by atoms with Crippen LogP contribution in [0.1, 0.15) is 44.7 Å². The molecule has 3 nitrogen and oxygen atoms in total. The van der Waals surface area contributed by atoms with Crippen LogP contribution in [0.2, 0.25) is 0 Å². The van der Waals surface area contributed by atoms with E-state index >= 15 is 0 Å². The molecule has 1 aromatic rings. The van der Waals surface area contributed by atoms with Crippen molar-refractivity contribution in [1.82, 2.24) is 0 Å². The van der Waals surface area contributed by atoms with Crippen LogP contribution < -0.4 is 0 Å². The molecule has 0 spiro atoms. The average Bonchev–Trinajstić information content (AvgIpc) is 2.80. The van der Waals surface area contributed by atoms with E-state index in [4.69, 9.17) is 5.11 Å². The quantitative estimate of drug-likeness (QED) is 0.852. The largest absolute Gasteiger partial charge is 0.478 e. The number of allylic oxidation sites excluding steroid dienone is 1. The minimum absolute atomic E-state index is 0.0279. The Hall–Kier alpha value is -2.16. The van der Waals surface area contributed by atoms with Crippen LogP contribution in [0.15, 0.2) is 35.9 Å². The van der Waals surface area contributed by atoms with Crippen LogP contribution in [0.5, 0.6) is 0 Å². The van der Waals surface area contributed by atoms with Gasteiger partial charge in [-0.15, -0.1) is 0 Å². The van der Waals surface area contributed by atoms with Gasteiger partial charge in [0.2, 0.25) is 0 Å². The van der Waals surface area contributed by atoms with E-state index in [1.54, 1.807) is 6.08 Å². The average molecular weight is 310 g/mol. The summed E-state index contributed by atoms with van der Waals surface area (Å²) in [5.41, 5.74) is 2.58. The molecule has 2 atom stereocenters. The lowest BCUT2D eigenvalue weighted by atomic mass is 9.70. The molecule has 3 rings (SSSR count). The molecule has 1 N–H and O–H groups in total. The molecule has 0 radical (unpaired) electrons. The molecular formula is C20H22O3. The molecule has 2 unspecified atom stereocenters. The van der Waals surface area contributed by atoms with Crippen LogP contribution in [0.25, 0.3) is 12.2 Å². The van der Waals surface area contributed by atoms with Crippen molar-refractivity contribution in [2.45, 2.75) is 33.6 Å². The normalized spacial score (nSPS) is 30.5. The molecule has 23 heavy (non-hydrogen) atoms. The zero-order valence-corrected chi connectivity index (χ0v) is 13.8. The molecule has 2 aliphatic rings. The Labute approximate surface area is 136 Å². The lowest BCUT2D eigenvalue weighted by Gasteiger charge is -2.31. The third-order valence-corrected chi connectivity index (χ3v) is 6.04. The summed E-state index contributed by atoms with van der Waals surface area (Å²) in [7, 11) is 0. The second-order valence-corrected chi connectivity index (χ2v) is 7.41. The maximum Gasteiger partial charge on any atom is 0.328 e. The van der Waals surface area contributed by atoms with Gasteiger partial charge in [0.1, 0.15) is 0 Å². The van der Waals surface area contributed by atoms with Gasteiger partial charge < -0.3 is 5.11 Å². The van der Waals surface area contributed by atoms with Crippen LogP contribution in [-0.4, -0.2) is 16.9 Å². The fraction of sp³-hybridized carbons (Fsp3) is 0.400. The number of hydrogen-bond donors (Lipinski definition) is 1. The molecule has 2 saturated carbocycles. The third kappa shape index (κ3) is 2.35. The Balaban J connectivity index is 1.88. The number of fused-ring (bicyclic) bond motifs is 2. The first kappa shape index (κ1) is 15.7. The number of aliphatic carboxylic acids is 1. The first-order valence-corrected chi connectivity index (χ1v) is 8.03. The molecule has 0 aromatic heterocycles. The van der Waals surface area contributed by atoms with Gasteiger partial charge >= 0.3 is 5.97 Å². The highest BCUT2D eigenvalue weighted by Gasteiger charge is 2.63. The molecule has 2 fully saturated rings. The van der Waals surface area contributed by atoms with Gasteiger partial charge in [-0.2, -0.15) is 0 Å². The van der Waals surface area contributed by atoms with Gasteiger partial charge in [0.15, 0.2) is 5.78 Å². The van der Waals surface area contributed by atoms with Gasteiger partial charge in [0.05, 0.1) is 0 Å². The Morgan fingerprint density at radius 1 is 1.17 bits per heavy atom. The number of benzene rings is 1. The Kier molecular flexibility index (Phi) is 3.55. The van der Waals surface area contributed by atoms with Crippen LogP contribution in [0, 0.1) is 16.7 Å².